The quantitative estimate of drug-likeness (QED) is 0.228. The summed E-state index contributed by atoms with van der Waals surface area (Å²) >= 11 is 0. The van der Waals surface area contributed by atoms with Gasteiger partial charge in [-0.15, -0.1) is 0 Å². The summed E-state index contributed by atoms with van der Waals surface area (Å²) in [6, 6.07) is 9.88. The number of rotatable bonds is 7. The monoisotopic (exact) mass is 337 g/mol. The van der Waals surface area contributed by atoms with Crippen molar-refractivity contribution in [3.8, 4) is 0 Å². The van der Waals surface area contributed by atoms with E-state index in [-0.39, 0.29) is 0 Å². The number of amides is 1. The lowest BCUT2D eigenvalue weighted by molar-refractivity contribution is -0.124. The summed E-state index contributed by atoms with van der Waals surface area (Å²) in [5.74, 6) is -0.585. The van der Waals surface area contributed by atoms with Gasteiger partial charge in [0.25, 0.3) is 5.91 Å². The zero-order valence-corrected chi connectivity index (χ0v) is 13.6. The van der Waals surface area contributed by atoms with Crippen LogP contribution in [0.1, 0.15) is 17.0 Å². The third kappa shape index (κ3) is 4.72. The molecule has 128 valence electrons. The lowest BCUT2D eigenvalue weighted by Gasteiger charge is -2.05. The zero-order valence-electron chi connectivity index (χ0n) is 13.6. The molecule has 0 fully saturated rings. The van der Waals surface area contributed by atoms with Crippen molar-refractivity contribution in [2.75, 3.05) is 6.54 Å². The molecule has 3 aromatic heterocycles. The Labute approximate surface area is 144 Å². The third-order valence-electron chi connectivity index (χ3n) is 3.72. The number of nitrogens with zero attached hydrogens (tertiary/aromatic N) is 2. The number of carbonyl (C=O) groups excluding carboxylic acids is 1. The van der Waals surface area contributed by atoms with Gasteiger partial charge in [-0.3, -0.25) is 15.0 Å². The molecule has 3 aromatic rings. The van der Waals surface area contributed by atoms with Crippen molar-refractivity contribution in [2.45, 2.75) is 13.0 Å². The minimum Gasteiger partial charge on any atom is -0.346 e. The molecule has 1 amide bonds. The van der Waals surface area contributed by atoms with Crippen LogP contribution in [0.5, 0.6) is 0 Å². The van der Waals surface area contributed by atoms with E-state index in [1.165, 1.54) is 17.6 Å². The SMILES string of the molecule is O=C(/C=C/c1ccc(CNCCc2ccc3cc[nH]c3n2)cn1)NO. The van der Waals surface area contributed by atoms with Gasteiger partial charge in [0.05, 0.1) is 5.69 Å². The molecule has 0 saturated carbocycles. The second-order valence-corrected chi connectivity index (χ2v) is 5.55. The Kier molecular flexibility index (Phi) is 5.50. The van der Waals surface area contributed by atoms with Gasteiger partial charge in [-0.05, 0) is 35.9 Å². The lowest BCUT2D eigenvalue weighted by Crippen LogP contribution is -2.17. The van der Waals surface area contributed by atoms with Gasteiger partial charge in [-0.25, -0.2) is 10.5 Å². The van der Waals surface area contributed by atoms with E-state index in [2.05, 4.69) is 26.3 Å². The van der Waals surface area contributed by atoms with Crippen LogP contribution in [-0.4, -0.2) is 32.6 Å². The summed E-state index contributed by atoms with van der Waals surface area (Å²) in [7, 11) is 0. The number of carbonyl (C=O) groups is 1. The lowest BCUT2D eigenvalue weighted by atomic mass is 10.2. The highest BCUT2D eigenvalue weighted by Gasteiger charge is 2.00. The summed E-state index contributed by atoms with van der Waals surface area (Å²) in [5, 5.41) is 12.9. The predicted molar refractivity (Wildman–Crippen MR) is 94.7 cm³/mol. The molecule has 4 N–H and O–H groups in total. The number of H-pyrrole nitrogens is 1. The molecule has 3 rings (SSSR count). The molecular formula is C18H19N5O2. The number of hydrogen-bond acceptors (Lipinski definition) is 5. The molecule has 0 spiro atoms. The fourth-order valence-electron chi connectivity index (χ4n) is 2.40. The van der Waals surface area contributed by atoms with Crippen LogP contribution in [0.25, 0.3) is 17.1 Å². The summed E-state index contributed by atoms with van der Waals surface area (Å²) in [5.41, 5.74) is 5.19. The molecule has 0 unspecified atom stereocenters. The smallest absolute Gasteiger partial charge is 0.267 e. The van der Waals surface area contributed by atoms with Crippen LogP contribution in [0.3, 0.4) is 0 Å². The minimum absolute atomic E-state index is 0.585. The first kappa shape index (κ1) is 16.8. The van der Waals surface area contributed by atoms with E-state index >= 15 is 0 Å². The first-order valence-electron chi connectivity index (χ1n) is 7.95. The average molecular weight is 337 g/mol. The van der Waals surface area contributed by atoms with Gasteiger partial charge in [0.2, 0.25) is 0 Å². The van der Waals surface area contributed by atoms with Crippen LogP contribution < -0.4 is 10.8 Å². The van der Waals surface area contributed by atoms with Crippen molar-refractivity contribution in [3.63, 3.8) is 0 Å². The molecule has 25 heavy (non-hydrogen) atoms. The van der Waals surface area contributed by atoms with E-state index in [9.17, 15) is 4.79 Å². The molecule has 0 aliphatic carbocycles. The van der Waals surface area contributed by atoms with Gasteiger partial charge in [-0.2, -0.15) is 0 Å². The predicted octanol–water partition coefficient (Wildman–Crippen LogP) is 1.81. The second-order valence-electron chi connectivity index (χ2n) is 5.55. The maximum Gasteiger partial charge on any atom is 0.267 e. The maximum atomic E-state index is 10.9. The van der Waals surface area contributed by atoms with Crippen LogP contribution in [0, 0.1) is 0 Å². The standard InChI is InChI=1S/C18H19N5O2/c24-17(23-25)6-5-15-3-1-13(12-21-15)11-19-9-8-16-4-2-14-7-10-20-18(14)22-16/h1-7,10,12,19,25H,8-9,11H2,(H,20,22)(H,23,24)/b6-5+. The Morgan fingerprint density at radius 2 is 2.16 bits per heavy atom. The number of nitrogens with one attached hydrogen (secondary N) is 3. The third-order valence-corrected chi connectivity index (χ3v) is 3.72. The van der Waals surface area contributed by atoms with E-state index in [1.807, 2.05) is 30.5 Å². The molecule has 0 aliphatic heterocycles. The summed E-state index contributed by atoms with van der Waals surface area (Å²) < 4.78 is 0. The first-order valence-corrected chi connectivity index (χ1v) is 7.95. The Bertz CT molecular complexity index is 871. The molecule has 0 aromatic carbocycles. The van der Waals surface area contributed by atoms with Crippen LogP contribution in [0.15, 0.2) is 48.8 Å². The van der Waals surface area contributed by atoms with Gasteiger partial charge >= 0.3 is 0 Å². The van der Waals surface area contributed by atoms with Gasteiger partial charge in [0, 0.05) is 49.1 Å². The van der Waals surface area contributed by atoms with Crippen LogP contribution in [-0.2, 0) is 17.8 Å². The molecule has 0 aliphatic rings. The van der Waals surface area contributed by atoms with Crippen LogP contribution in [0.2, 0.25) is 0 Å². The number of aromatic amines is 1. The van der Waals surface area contributed by atoms with E-state index in [0.29, 0.717) is 12.2 Å². The molecule has 0 saturated heterocycles. The first-order chi connectivity index (χ1) is 12.2. The zero-order chi connectivity index (χ0) is 17.5. The van der Waals surface area contributed by atoms with Crippen molar-refractivity contribution in [1.82, 2.24) is 25.7 Å². The summed E-state index contributed by atoms with van der Waals surface area (Å²) in [6.07, 6.45) is 7.24. The van der Waals surface area contributed by atoms with Crippen molar-refractivity contribution < 1.29 is 10.0 Å². The van der Waals surface area contributed by atoms with Gasteiger partial charge in [0.15, 0.2) is 0 Å². The normalized spacial score (nSPS) is 11.2. The number of hydroxylamine groups is 1. The van der Waals surface area contributed by atoms with E-state index < -0.39 is 5.91 Å². The maximum absolute atomic E-state index is 10.9. The molecular weight excluding hydrogens is 318 g/mol. The molecule has 7 heteroatoms. The highest BCUT2D eigenvalue weighted by molar-refractivity contribution is 5.90. The van der Waals surface area contributed by atoms with Crippen molar-refractivity contribution >= 4 is 23.0 Å². The van der Waals surface area contributed by atoms with Crippen LogP contribution in [0.4, 0.5) is 0 Å². The molecule has 7 nitrogen and oxygen atoms in total. The van der Waals surface area contributed by atoms with Gasteiger partial charge in [0.1, 0.15) is 5.65 Å². The second kappa shape index (κ2) is 8.18. The average Bonchev–Trinajstić information content (AvgIpc) is 3.12. The fraction of sp³-hybridized carbons (Fsp3) is 0.167. The fourth-order valence-corrected chi connectivity index (χ4v) is 2.40. The molecule has 0 bridgehead atoms. The highest BCUT2D eigenvalue weighted by atomic mass is 16.5. The highest BCUT2D eigenvalue weighted by Crippen LogP contribution is 2.10. The molecule has 3 heterocycles. The molecule has 0 atom stereocenters. The number of fused-ring (bicyclic) bond motifs is 1. The Balaban J connectivity index is 1.45. The Morgan fingerprint density at radius 3 is 2.96 bits per heavy atom. The van der Waals surface area contributed by atoms with Crippen molar-refractivity contribution in [1.29, 1.82) is 0 Å². The van der Waals surface area contributed by atoms with E-state index in [0.717, 1.165) is 35.3 Å². The van der Waals surface area contributed by atoms with Gasteiger partial charge in [-0.1, -0.05) is 6.07 Å². The van der Waals surface area contributed by atoms with Crippen molar-refractivity contribution in [3.05, 3.63) is 65.8 Å². The molecule has 0 radical (unpaired) electrons. The van der Waals surface area contributed by atoms with E-state index in [4.69, 9.17) is 5.21 Å². The Morgan fingerprint density at radius 1 is 1.24 bits per heavy atom. The van der Waals surface area contributed by atoms with Gasteiger partial charge < -0.3 is 10.3 Å². The summed E-state index contributed by atoms with van der Waals surface area (Å²) in [6.45, 7) is 1.52. The topological polar surface area (TPSA) is 103 Å². The van der Waals surface area contributed by atoms with E-state index in [1.54, 1.807) is 6.20 Å². The number of pyridine rings is 2. The summed E-state index contributed by atoms with van der Waals surface area (Å²) in [4.78, 5) is 22.8. The Hall–Kier alpha value is -3.03. The minimum atomic E-state index is -0.585. The largest absolute Gasteiger partial charge is 0.346 e. The van der Waals surface area contributed by atoms with Crippen molar-refractivity contribution in [2.24, 2.45) is 0 Å². The number of hydrogen-bond donors (Lipinski definition) is 4. The van der Waals surface area contributed by atoms with Crippen LogP contribution >= 0.6 is 0 Å². The number of aromatic nitrogens is 3.